The Morgan fingerprint density at radius 2 is 2.08 bits per heavy atom. The lowest BCUT2D eigenvalue weighted by Gasteiger charge is -2.22. The van der Waals surface area contributed by atoms with Crippen molar-refractivity contribution in [1.82, 2.24) is 15.1 Å². The first kappa shape index (κ1) is 16.5. The van der Waals surface area contributed by atoms with Gasteiger partial charge in [-0.25, -0.2) is 0 Å². The Morgan fingerprint density at radius 1 is 1.24 bits per heavy atom. The van der Waals surface area contributed by atoms with E-state index in [1.165, 1.54) is 43.4 Å². The molecule has 0 saturated heterocycles. The number of aromatic hydroxyl groups is 1. The molecule has 1 heterocycles. The number of phenolic OH excluding ortho intramolecular Hbond substituents is 1. The lowest BCUT2D eigenvalue weighted by molar-refractivity contribution is 0.372. The van der Waals surface area contributed by atoms with Crippen molar-refractivity contribution in [1.29, 1.82) is 0 Å². The van der Waals surface area contributed by atoms with Gasteiger partial charge in [-0.05, 0) is 55.4 Å². The Labute approximate surface area is 149 Å². The lowest BCUT2D eigenvalue weighted by atomic mass is 9.93. The monoisotopic (exact) mass is 341 g/mol. The summed E-state index contributed by atoms with van der Waals surface area (Å²) in [6.45, 7) is 0.720. The van der Waals surface area contributed by atoms with Crippen LogP contribution in [0.25, 0.3) is 0 Å². The second-order valence-electron chi connectivity index (χ2n) is 7.29. The van der Waals surface area contributed by atoms with Crippen LogP contribution in [0, 0.1) is 0 Å². The third kappa shape index (κ3) is 3.38. The largest absolute Gasteiger partial charge is 0.504 e. The number of benzene rings is 1. The Morgan fingerprint density at radius 3 is 2.84 bits per heavy atom. The smallest absolute Gasteiger partial charge is 0.160 e. The quantitative estimate of drug-likeness (QED) is 0.866. The highest BCUT2D eigenvalue weighted by Gasteiger charge is 2.26. The van der Waals surface area contributed by atoms with E-state index in [0.717, 1.165) is 24.9 Å². The maximum atomic E-state index is 9.94. The molecule has 0 radical (unpaired) electrons. The number of aromatic nitrogens is 2. The average Bonchev–Trinajstić information content (AvgIpc) is 3.29. The minimum atomic E-state index is 0.191. The lowest BCUT2D eigenvalue weighted by Crippen LogP contribution is -2.25. The number of nitrogens with one attached hydrogen (secondary N) is 1. The van der Waals surface area contributed by atoms with Gasteiger partial charge in [0.25, 0.3) is 0 Å². The van der Waals surface area contributed by atoms with Gasteiger partial charge in [-0.3, -0.25) is 4.68 Å². The number of ether oxygens (including phenoxy) is 1. The second kappa shape index (κ2) is 7.08. The molecular weight excluding hydrogens is 314 g/mol. The van der Waals surface area contributed by atoms with Crippen molar-refractivity contribution in [2.45, 2.75) is 63.6 Å². The van der Waals surface area contributed by atoms with Gasteiger partial charge in [0.1, 0.15) is 0 Å². The molecule has 1 saturated carbocycles. The Bertz CT molecular complexity index is 735. The summed E-state index contributed by atoms with van der Waals surface area (Å²) in [5.74, 6) is 0.704. The topological polar surface area (TPSA) is 59.3 Å². The Kier molecular flexibility index (Phi) is 4.66. The highest BCUT2D eigenvalue weighted by Crippen LogP contribution is 2.34. The zero-order valence-electron chi connectivity index (χ0n) is 14.9. The third-order valence-corrected chi connectivity index (χ3v) is 5.60. The van der Waals surface area contributed by atoms with Gasteiger partial charge in [0.05, 0.1) is 24.9 Å². The van der Waals surface area contributed by atoms with Crippen LogP contribution in [-0.4, -0.2) is 22.0 Å². The highest BCUT2D eigenvalue weighted by atomic mass is 16.5. The summed E-state index contributed by atoms with van der Waals surface area (Å²) in [6.07, 6.45) is 11.0. The number of methoxy groups -OCH3 is 1. The zero-order chi connectivity index (χ0) is 17.2. The maximum Gasteiger partial charge on any atom is 0.160 e. The van der Waals surface area contributed by atoms with Crippen molar-refractivity contribution in [2.24, 2.45) is 0 Å². The van der Waals surface area contributed by atoms with Crippen LogP contribution in [0.1, 0.15) is 67.4 Å². The molecule has 2 N–H and O–H groups in total. The summed E-state index contributed by atoms with van der Waals surface area (Å²) in [7, 11) is 1.57. The molecule has 0 unspecified atom stereocenters. The number of nitrogens with zero attached hydrogens (tertiary/aromatic N) is 2. The van der Waals surface area contributed by atoms with E-state index in [0.29, 0.717) is 17.8 Å². The molecule has 2 aliphatic rings. The Balaban J connectivity index is 1.46. The van der Waals surface area contributed by atoms with Crippen LogP contribution in [0.4, 0.5) is 0 Å². The predicted molar refractivity (Wildman–Crippen MR) is 96.9 cm³/mol. The van der Waals surface area contributed by atoms with Crippen LogP contribution in [0.2, 0.25) is 0 Å². The summed E-state index contributed by atoms with van der Waals surface area (Å²) in [6, 6.07) is 6.48. The van der Waals surface area contributed by atoms with E-state index in [4.69, 9.17) is 9.84 Å². The molecule has 2 aromatic rings. The molecule has 0 aliphatic heterocycles. The van der Waals surface area contributed by atoms with Gasteiger partial charge in [-0.1, -0.05) is 18.9 Å². The van der Waals surface area contributed by atoms with Gasteiger partial charge in [-0.15, -0.1) is 0 Å². The molecule has 0 amide bonds. The molecule has 4 rings (SSSR count). The minimum Gasteiger partial charge on any atom is -0.504 e. The predicted octanol–water partition coefficient (Wildman–Crippen LogP) is 3.88. The number of phenols is 1. The van der Waals surface area contributed by atoms with Crippen LogP contribution in [0.5, 0.6) is 11.5 Å². The van der Waals surface area contributed by atoms with Crippen molar-refractivity contribution in [3.8, 4) is 11.5 Å². The van der Waals surface area contributed by atoms with E-state index in [9.17, 15) is 5.11 Å². The molecule has 1 fully saturated rings. The van der Waals surface area contributed by atoms with Crippen molar-refractivity contribution < 1.29 is 9.84 Å². The van der Waals surface area contributed by atoms with Crippen LogP contribution in [-0.2, 0) is 13.0 Å². The van der Waals surface area contributed by atoms with Gasteiger partial charge in [0.15, 0.2) is 11.5 Å². The van der Waals surface area contributed by atoms with E-state index in [1.807, 2.05) is 12.1 Å². The molecule has 1 aromatic carbocycles. The van der Waals surface area contributed by atoms with Gasteiger partial charge >= 0.3 is 0 Å². The number of hydrogen-bond acceptors (Lipinski definition) is 4. The highest BCUT2D eigenvalue weighted by molar-refractivity contribution is 5.41. The number of rotatable bonds is 5. The number of hydrogen-bond donors (Lipinski definition) is 2. The fourth-order valence-electron chi connectivity index (χ4n) is 4.20. The van der Waals surface area contributed by atoms with Gasteiger partial charge in [-0.2, -0.15) is 5.10 Å². The molecule has 2 aliphatic carbocycles. The van der Waals surface area contributed by atoms with Crippen LogP contribution < -0.4 is 10.1 Å². The molecule has 25 heavy (non-hydrogen) atoms. The molecule has 1 atom stereocenters. The van der Waals surface area contributed by atoms with Crippen molar-refractivity contribution >= 4 is 0 Å². The summed E-state index contributed by atoms with van der Waals surface area (Å²) in [5, 5.41) is 18.5. The fraction of sp³-hybridized carbons (Fsp3) is 0.550. The summed E-state index contributed by atoms with van der Waals surface area (Å²) < 4.78 is 7.34. The van der Waals surface area contributed by atoms with Gasteiger partial charge in [0, 0.05) is 12.7 Å². The second-order valence-corrected chi connectivity index (χ2v) is 7.29. The number of aryl methyl sites for hydroxylation is 1. The normalized spacial score (nSPS) is 20.6. The first-order valence-electron chi connectivity index (χ1n) is 9.42. The molecule has 0 bridgehead atoms. The van der Waals surface area contributed by atoms with Crippen molar-refractivity contribution in [2.75, 3.05) is 7.11 Å². The van der Waals surface area contributed by atoms with Crippen LogP contribution in [0.15, 0.2) is 24.4 Å². The van der Waals surface area contributed by atoms with Crippen LogP contribution >= 0.6 is 0 Å². The van der Waals surface area contributed by atoms with Crippen molar-refractivity contribution in [3.05, 3.63) is 41.2 Å². The maximum absolute atomic E-state index is 9.94. The van der Waals surface area contributed by atoms with E-state index >= 15 is 0 Å². The van der Waals surface area contributed by atoms with Crippen LogP contribution in [0.3, 0.4) is 0 Å². The molecule has 0 spiro atoms. The zero-order valence-corrected chi connectivity index (χ0v) is 14.9. The third-order valence-electron chi connectivity index (χ3n) is 5.60. The molecule has 134 valence electrons. The standard InChI is InChI=1S/C20H27N3O2/c1-25-19-10-9-14(11-18(19)24)12-21-17-8-4-5-15-13-23(22-20(15)17)16-6-2-3-7-16/h9-11,13,16-17,21,24H,2-8,12H2,1H3/t17-/m0/s1. The summed E-state index contributed by atoms with van der Waals surface area (Å²) >= 11 is 0. The fourth-order valence-corrected chi connectivity index (χ4v) is 4.20. The summed E-state index contributed by atoms with van der Waals surface area (Å²) in [4.78, 5) is 0. The average molecular weight is 341 g/mol. The first-order valence-corrected chi connectivity index (χ1v) is 9.42. The SMILES string of the molecule is COc1ccc(CN[C@H]2CCCc3cn(C4CCCC4)nc32)cc1O. The molecule has 1 aromatic heterocycles. The number of fused-ring (bicyclic) bond motifs is 1. The first-order chi connectivity index (χ1) is 12.2. The summed E-state index contributed by atoms with van der Waals surface area (Å²) in [5.41, 5.74) is 3.70. The van der Waals surface area contributed by atoms with E-state index in [2.05, 4.69) is 16.2 Å². The molecule has 5 nitrogen and oxygen atoms in total. The molecule has 5 heteroatoms. The van der Waals surface area contributed by atoms with Gasteiger partial charge in [0.2, 0.25) is 0 Å². The van der Waals surface area contributed by atoms with E-state index < -0.39 is 0 Å². The Hall–Kier alpha value is -2.01. The van der Waals surface area contributed by atoms with Gasteiger partial charge < -0.3 is 15.2 Å². The molecular formula is C20H27N3O2. The van der Waals surface area contributed by atoms with E-state index in [1.54, 1.807) is 13.2 Å². The minimum absolute atomic E-state index is 0.191. The van der Waals surface area contributed by atoms with E-state index in [-0.39, 0.29) is 5.75 Å². The van der Waals surface area contributed by atoms with Crippen molar-refractivity contribution in [3.63, 3.8) is 0 Å².